The topological polar surface area (TPSA) is 41.6 Å². The van der Waals surface area contributed by atoms with Crippen LogP contribution in [0.1, 0.15) is 0 Å². The molecule has 4 rings (SSSR count). The predicted octanol–water partition coefficient (Wildman–Crippen LogP) is 5.15. The number of nitrogens with one attached hydrogen (secondary N) is 1. The van der Waals surface area contributed by atoms with Gasteiger partial charge in [0.1, 0.15) is 16.9 Å². The van der Waals surface area contributed by atoms with Crippen LogP contribution in [0.15, 0.2) is 53.4 Å². The van der Waals surface area contributed by atoms with Gasteiger partial charge in [-0.05, 0) is 24.5 Å². The number of aromatic amines is 1. The van der Waals surface area contributed by atoms with Crippen molar-refractivity contribution in [3.63, 3.8) is 0 Å². The van der Waals surface area contributed by atoms with E-state index in [1.54, 1.807) is 11.8 Å². The number of imidazole rings is 1. The van der Waals surface area contributed by atoms with Gasteiger partial charge >= 0.3 is 0 Å². The fourth-order valence-corrected chi connectivity index (χ4v) is 3.17. The second kappa shape index (κ2) is 5.30. The number of hydrogen-bond donors (Lipinski definition) is 1. The number of halogens is 1. The van der Waals surface area contributed by atoms with Crippen molar-refractivity contribution in [3.8, 4) is 11.4 Å². The standard InChI is InChI=1S/C17H12ClN3S/c1-22-11-8-6-10(7-9-11)17-20-14-12-4-2-3-5-13(12)19-16(18)15(14)21-17/h2-9H,1H3,(H,20,21). The van der Waals surface area contributed by atoms with E-state index in [1.807, 2.05) is 24.3 Å². The van der Waals surface area contributed by atoms with Crippen LogP contribution in [0.25, 0.3) is 33.3 Å². The summed E-state index contributed by atoms with van der Waals surface area (Å²) in [6.45, 7) is 0. The van der Waals surface area contributed by atoms with Crippen molar-refractivity contribution in [2.45, 2.75) is 4.90 Å². The molecule has 2 aromatic heterocycles. The molecular weight excluding hydrogens is 314 g/mol. The summed E-state index contributed by atoms with van der Waals surface area (Å²) in [5, 5.41) is 1.46. The lowest BCUT2D eigenvalue weighted by Crippen LogP contribution is -1.82. The average Bonchev–Trinajstić information content (AvgIpc) is 3.01. The van der Waals surface area contributed by atoms with Gasteiger partial charge in [0.15, 0.2) is 5.15 Å². The third-order valence-corrected chi connectivity index (χ3v) is 4.67. The van der Waals surface area contributed by atoms with E-state index < -0.39 is 0 Å². The number of pyridine rings is 1. The monoisotopic (exact) mass is 325 g/mol. The Labute approximate surface area is 136 Å². The Kier molecular flexibility index (Phi) is 3.28. The predicted molar refractivity (Wildman–Crippen MR) is 93.6 cm³/mol. The lowest BCUT2D eigenvalue weighted by atomic mass is 10.2. The number of fused-ring (bicyclic) bond motifs is 3. The third kappa shape index (κ3) is 2.16. The van der Waals surface area contributed by atoms with E-state index in [4.69, 9.17) is 16.6 Å². The zero-order valence-electron chi connectivity index (χ0n) is 11.8. The van der Waals surface area contributed by atoms with Crippen molar-refractivity contribution in [2.75, 3.05) is 6.26 Å². The molecule has 4 aromatic rings. The number of rotatable bonds is 2. The highest BCUT2D eigenvalue weighted by Gasteiger charge is 2.12. The van der Waals surface area contributed by atoms with E-state index in [1.165, 1.54) is 4.90 Å². The Morgan fingerprint density at radius 3 is 2.55 bits per heavy atom. The third-order valence-electron chi connectivity index (χ3n) is 3.65. The summed E-state index contributed by atoms with van der Waals surface area (Å²) in [4.78, 5) is 13.7. The summed E-state index contributed by atoms with van der Waals surface area (Å²) in [5.74, 6) is 0.808. The van der Waals surface area contributed by atoms with E-state index in [0.29, 0.717) is 5.15 Å². The second-order valence-electron chi connectivity index (χ2n) is 4.96. The van der Waals surface area contributed by atoms with Gasteiger partial charge in [-0.2, -0.15) is 0 Å². The molecule has 5 heteroatoms. The number of thioether (sulfide) groups is 1. The van der Waals surface area contributed by atoms with Crippen LogP contribution in [-0.2, 0) is 0 Å². The average molecular weight is 326 g/mol. The largest absolute Gasteiger partial charge is 0.335 e. The number of nitrogens with zero attached hydrogens (tertiary/aromatic N) is 2. The van der Waals surface area contributed by atoms with Gasteiger partial charge in [0.2, 0.25) is 0 Å². The van der Waals surface area contributed by atoms with Crippen LogP contribution < -0.4 is 0 Å². The maximum Gasteiger partial charge on any atom is 0.155 e. The van der Waals surface area contributed by atoms with Crippen molar-refractivity contribution >= 4 is 45.3 Å². The van der Waals surface area contributed by atoms with Crippen molar-refractivity contribution in [3.05, 3.63) is 53.7 Å². The number of para-hydroxylation sites is 1. The molecule has 22 heavy (non-hydrogen) atoms. The van der Waals surface area contributed by atoms with E-state index in [-0.39, 0.29) is 0 Å². The molecule has 2 heterocycles. The minimum absolute atomic E-state index is 0.452. The summed E-state index contributed by atoms with van der Waals surface area (Å²) in [7, 11) is 0. The van der Waals surface area contributed by atoms with Crippen LogP contribution >= 0.6 is 23.4 Å². The lowest BCUT2D eigenvalue weighted by Gasteiger charge is -1.98. The molecule has 3 nitrogen and oxygen atoms in total. The Morgan fingerprint density at radius 2 is 1.77 bits per heavy atom. The van der Waals surface area contributed by atoms with Gasteiger partial charge in [0.25, 0.3) is 0 Å². The molecule has 0 aliphatic carbocycles. The van der Waals surface area contributed by atoms with E-state index in [9.17, 15) is 0 Å². The van der Waals surface area contributed by atoms with Crippen molar-refractivity contribution < 1.29 is 0 Å². The van der Waals surface area contributed by atoms with Crippen molar-refractivity contribution in [1.29, 1.82) is 0 Å². The van der Waals surface area contributed by atoms with Gasteiger partial charge in [-0.15, -0.1) is 11.8 Å². The maximum atomic E-state index is 6.30. The molecular formula is C17H12ClN3S. The number of benzene rings is 2. The van der Waals surface area contributed by atoms with Gasteiger partial charge < -0.3 is 4.98 Å². The molecule has 0 saturated carbocycles. The first-order valence-corrected chi connectivity index (χ1v) is 8.45. The normalized spacial score (nSPS) is 11.4. The fraction of sp³-hybridized carbons (Fsp3) is 0.0588. The van der Waals surface area contributed by atoms with Crippen molar-refractivity contribution in [1.82, 2.24) is 15.0 Å². The van der Waals surface area contributed by atoms with Crippen molar-refractivity contribution in [2.24, 2.45) is 0 Å². The molecule has 0 atom stereocenters. The molecule has 0 unspecified atom stereocenters. The molecule has 2 aromatic carbocycles. The Morgan fingerprint density at radius 1 is 1.00 bits per heavy atom. The molecule has 0 radical (unpaired) electrons. The van der Waals surface area contributed by atoms with Gasteiger partial charge in [-0.1, -0.05) is 41.9 Å². The first-order valence-electron chi connectivity index (χ1n) is 6.84. The van der Waals surface area contributed by atoms with Gasteiger partial charge in [0.05, 0.1) is 5.52 Å². The lowest BCUT2D eigenvalue weighted by molar-refractivity contribution is 1.32. The van der Waals surface area contributed by atoms with E-state index in [2.05, 4.69) is 40.5 Å². The molecule has 0 bridgehead atoms. The van der Waals surface area contributed by atoms with Gasteiger partial charge in [0, 0.05) is 15.8 Å². The Hall–Kier alpha value is -2.04. The summed E-state index contributed by atoms with van der Waals surface area (Å²) < 4.78 is 0. The molecule has 108 valence electrons. The maximum absolute atomic E-state index is 6.30. The first kappa shape index (κ1) is 13.6. The molecule has 0 saturated heterocycles. The Balaban J connectivity index is 1.96. The highest BCUT2D eigenvalue weighted by Crippen LogP contribution is 2.30. The number of hydrogen-bond acceptors (Lipinski definition) is 3. The number of aromatic nitrogens is 3. The molecule has 0 spiro atoms. The van der Waals surface area contributed by atoms with Crippen LogP contribution in [0.4, 0.5) is 0 Å². The Bertz CT molecular complexity index is 976. The second-order valence-corrected chi connectivity index (χ2v) is 6.19. The minimum atomic E-state index is 0.452. The summed E-state index contributed by atoms with van der Waals surface area (Å²) >= 11 is 8.02. The zero-order chi connectivity index (χ0) is 15.1. The highest BCUT2D eigenvalue weighted by atomic mass is 35.5. The van der Waals surface area contributed by atoms with Crippen LogP contribution in [-0.4, -0.2) is 21.2 Å². The molecule has 1 N–H and O–H groups in total. The molecule has 0 amide bonds. The first-order chi connectivity index (χ1) is 10.8. The fourth-order valence-electron chi connectivity index (χ4n) is 2.54. The molecule has 0 fully saturated rings. The van der Waals surface area contributed by atoms with E-state index in [0.717, 1.165) is 33.3 Å². The quantitative estimate of drug-likeness (QED) is 0.409. The van der Waals surface area contributed by atoms with Crippen LogP contribution in [0.5, 0.6) is 0 Å². The van der Waals surface area contributed by atoms with Gasteiger partial charge in [-0.25, -0.2) is 9.97 Å². The number of H-pyrrole nitrogens is 1. The van der Waals surface area contributed by atoms with E-state index >= 15 is 0 Å². The van der Waals surface area contributed by atoms with Crippen LogP contribution in [0, 0.1) is 0 Å². The summed E-state index contributed by atoms with van der Waals surface area (Å²) in [6, 6.07) is 16.2. The summed E-state index contributed by atoms with van der Waals surface area (Å²) in [6.07, 6.45) is 2.06. The zero-order valence-corrected chi connectivity index (χ0v) is 13.4. The van der Waals surface area contributed by atoms with Gasteiger partial charge in [-0.3, -0.25) is 0 Å². The van der Waals surface area contributed by atoms with Crippen LogP contribution in [0.2, 0.25) is 5.15 Å². The molecule has 0 aliphatic heterocycles. The highest BCUT2D eigenvalue weighted by molar-refractivity contribution is 7.98. The SMILES string of the molecule is CSc1ccc(-c2nc3c([nH]2)c(Cl)nc2ccccc23)cc1. The summed E-state index contributed by atoms with van der Waals surface area (Å²) in [5.41, 5.74) is 3.54. The minimum Gasteiger partial charge on any atom is -0.335 e. The van der Waals surface area contributed by atoms with Crippen LogP contribution in [0.3, 0.4) is 0 Å². The molecule has 0 aliphatic rings. The smallest absolute Gasteiger partial charge is 0.155 e.